The van der Waals surface area contributed by atoms with Crippen molar-refractivity contribution in [2.75, 3.05) is 0 Å². The first-order valence-corrected chi connectivity index (χ1v) is 13.7. The van der Waals surface area contributed by atoms with Crippen LogP contribution in [0.25, 0.3) is 38.2 Å². The number of thiophene rings is 4. The normalized spacial score (nSPS) is 16.7. The van der Waals surface area contributed by atoms with Gasteiger partial charge in [-0.05, 0) is 12.8 Å². The molecule has 0 atom stereocenters. The smallest absolute Gasteiger partial charge is 0.350 e. The highest BCUT2D eigenvalue weighted by atomic mass is 32.1. The lowest BCUT2D eigenvalue weighted by Crippen LogP contribution is -2.27. The van der Waals surface area contributed by atoms with Crippen molar-refractivity contribution in [3.8, 4) is 21.9 Å². The fraction of sp³-hybridized carbons (Fsp3) is 0.250. The number of nitrogens with zero attached hydrogens (tertiary/aromatic N) is 6. The van der Waals surface area contributed by atoms with Crippen molar-refractivity contribution in [3.63, 3.8) is 0 Å². The van der Waals surface area contributed by atoms with Gasteiger partial charge in [0.2, 0.25) is 10.0 Å². The van der Waals surface area contributed by atoms with Crippen LogP contribution >= 0.6 is 45.3 Å². The molecule has 6 rings (SSSR count). The van der Waals surface area contributed by atoms with E-state index in [2.05, 4.69) is 19.7 Å². The number of fused-ring (bicyclic) bond motifs is 9. The highest BCUT2D eigenvalue weighted by Gasteiger charge is 2.49. The SMILES string of the molecule is [C-]#[N+]C(C#N)=Nc1cc2sc3c(c2s1)C1(CCCCC1)c1c-3sc2cc(N=C(C#N)[N+]#[C-])sc12. The van der Waals surface area contributed by atoms with Gasteiger partial charge in [0.1, 0.15) is 12.1 Å². The fourth-order valence-electron chi connectivity index (χ4n) is 5.19. The van der Waals surface area contributed by atoms with Gasteiger partial charge >= 0.3 is 11.7 Å². The number of hydrogen-bond acceptors (Lipinski definition) is 8. The van der Waals surface area contributed by atoms with E-state index in [-0.39, 0.29) is 17.1 Å². The van der Waals surface area contributed by atoms with Crippen molar-refractivity contribution < 1.29 is 0 Å². The zero-order valence-corrected chi connectivity index (χ0v) is 20.8. The van der Waals surface area contributed by atoms with Gasteiger partial charge in [-0.2, -0.15) is 0 Å². The third kappa shape index (κ3) is 2.91. The van der Waals surface area contributed by atoms with E-state index in [4.69, 9.17) is 23.7 Å². The molecule has 0 unspecified atom stereocenters. The molecule has 0 aromatic carbocycles. The number of rotatable bonds is 2. The van der Waals surface area contributed by atoms with Gasteiger partial charge in [-0.25, -0.2) is 10.5 Å². The van der Waals surface area contributed by atoms with E-state index in [1.165, 1.54) is 58.9 Å². The van der Waals surface area contributed by atoms with E-state index in [0.29, 0.717) is 10.0 Å². The average Bonchev–Trinajstić information content (AvgIpc) is 3.61. The summed E-state index contributed by atoms with van der Waals surface area (Å²) in [6, 6.07) is 7.74. The summed E-state index contributed by atoms with van der Waals surface area (Å²) in [4.78, 5) is 17.6. The third-order valence-electron chi connectivity index (χ3n) is 6.42. The molecule has 0 N–H and O–H groups in total. The second-order valence-corrected chi connectivity index (χ2v) is 12.3. The van der Waals surface area contributed by atoms with Crippen LogP contribution in [-0.4, -0.2) is 11.7 Å². The van der Waals surface area contributed by atoms with Gasteiger partial charge in [-0.15, -0.1) is 22.7 Å². The second kappa shape index (κ2) is 7.84. The average molecular weight is 513 g/mol. The molecule has 0 aliphatic heterocycles. The van der Waals surface area contributed by atoms with Crippen molar-refractivity contribution in [3.05, 3.63) is 46.1 Å². The van der Waals surface area contributed by atoms with E-state index in [1.54, 1.807) is 45.3 Å². The zero-order chi connectivity index (χ0) is 23.4. The number of nitriles is 2. The van der Waals surface area contributed by atoms with E-state index in [9.17, 15) is 0 Å². The molecule has 4 aromatic rings. The highest BCUT2D eigenvalue weighted by molar-refractivity contribution is 7.36. The minimum absolute atomic E-state index is 0.0488. The standard InChI is InChI=1S/C24H12N6S4/c1-27-14(10-25)29-16-8-12-20(33-16)18-22(31-12)23-19(24(18)6-4-3-5-7-24)21-13(32-23)9-17(34-21)30-15(11-26)28-2/h8-9H,3-7H2. The van der Waals surface area contributed by atoms with E-state index < -0.39 is 0 Å². The Balaban J connectivity index is 1.57. The summed E-state index contributed by atoms with van der Waals surface area (Å²) in [5.74, 6) is -0.275. The minimum atomic E-state index is -0.137. The van der Waals surface area contributed by atoms with E-state index >= 15 is 0 Å². The Morgan fingerprint density at radius 1 is 0.794 bits per heavy atom. The van der Waals surface area contributed by atoms with Crippen LogP contribution in [0.5, 0.6) is 0 Å². The topological polar surface area (TPSA) is 81.0 Å². The Kier molecular flexibility index (Phi) is 4.88. The van der Waals surface area contributed by atoms with Crippen LogP contribution < -0.4 is 0 Å². The van der Waals surface area contributed by atoms with Gasteiger partial charge in [0.25, 0.3) is 0 Å². The molecule has 0 radical (unpaired) electrons. The number of hydrogen-bond donors (Lipinski definition) is 0. The lowest BCUT2D eigenvalue weighted by molar-refractivity contribution is 0.358. The summed E-state index contributed by atoms with van der Waals surface area (Å²) in [5, 5.41) is 19.7. The molecule has 34 heavy (non-hydrogen) atoms. The van der Waals surface area contributed by atoms with Crippen LogP contribution in [0.15, 0.2) is 22.1 Å². The first-order chi connectivity index (χ1) is 16.6. The lowest BCUT2D eigenvalue weighted by atomic mass is 9.68. The molecule has 1 fully saturated rings. The van der Waals surface area contributed by atoms with Crippen molar-refractivity contribution in [2.24, 2.45) is 9.98 Å². The van der Waals surface area contributed by atoms with Crippen molar-refractivity contribution in [2.45, 2.75) is 37.5 Å². The Labute approximate surface area is 211 Å². The molecular formula is C24H12N6S4. The highest BCUT2D eigenvalue weighted by Crippen LogP contribution is 2.66. The van der Waals surface area contributed by atoms with Crippen LogP contribution in [0, 0.1) is 35.8 Å². The minimum Gasteiger partial charge on any atom is -0.351 e. The van der Waals surface area contributed by atoms with Gasteiger partial charge in [0.15, 0.2) is 0 Å². The molecule has 1 saturated carbocycles. The molecule has 0 saturated heterocycles. The summed E-state index contributed by atoms with van der Waals surface area (Å²) < 4.78 is 4.80. The van der Waals surface area contributed by atoms with Gasteiger partial charge in [0, 0.05) is 28.7 Å². The lowest BCUT2D eigenvalue weighted by Gasteiger charge is -2.35. The molecule has 6 nitrogen and oxygen atoms in total. The van der Waals surface area contributed by atoms with Crippen LogP contribution in [0.3, 0.4) is 0 Å². The molecule has 0 bridgehead atoms. The van der Waals surface area contributed by atoms with Gasteiger partial charge in [-0.1, -0.05) is 65.1 Å². The predicted molar refractivity (Wildman–Crippen MR) is 141 cm³/mol. The van der Waals surface area contributed by atoms with Gasteiger partial charge in [-0.3, -0.25) is 0 Å². The number of amidine groups is 2. The molecule has 162 valence electrons. The molecule has 10 heteroatoms. The van der Waals surface area contributed by atoms with Crippen LogP contribution in [0.4, 0.5) is 10.0 Å². The molecule has 4 aromatic heterocycles. The fourth-order valence-corrected chi connectivity index (χ4v) is 10.7. The second-order valence-electron chi connectivity index (χ2n) is 8.13. The Bertz CT molecular complexity index is 1580. The first-order valence-electron chi connectivity index (χ1n) is 10.5. The van der Waals surface area contributed by atoms with Crippen LogP contribution in [0.1, 0.15) is 43.2 Å². The molecule has 2 aliphatic rings. The van der Waals surface area contributed by atoms with Crippen molar-refractivity contribution in [1.29, 1.82) is 10.5 Å². The van der Waals surface area contributed by atoms with Crippen LogP contribution in [-0.2, 0) is 5.41 Å². The first kappa shape index (κ1) is 21.2. The maximum absolute atomic E-state index is 9.12. The van der Waals surface area contributed by atoms with E-state index in [1.807, 2.05) is 24.3 Å². The third-order valence-corrected chi connectivity index (χ3v) is 11.2. The van der Waals surface area contributed by atoms with Crippen molar-refractivity contribution in [1.82, 2.24) is 0 Å². The summed E-state index contributed by atoms with van der Waals surface area (Å²) in [6.45, 7) is 14.3. The molecule has 0 amide bonds. The Hall–Kier alpha value is -3.38. The van der Waals surface area contributed by atoms with E-state index in [0.717, 1.165) is 12.8 Å². The molecular weight excluding hydrogens is 501 g/mol. The summed E-state index contributed by atoms with van der Waals surface area (Å²) >= 11 is 6.73. The van der Waals surface area contributed by atoms with Crippen LogP contribution in [0.2, 0.25) is 0 Å². The maximum atomic E-state index is 9.12. The quantitative estimate of drug-likeness (QED) is 0.153. The summed E-state index contributed by atoms with van der Waals surface area (Å²) in [7, 11) is 0. The summed E-state index contributed by atoms with van der Waals surface area (Å²) in [6.07, 6.45) is 5.77. The van der Waals surface area contributed by atoms with Crippen molar-refractivity contribution >= 4 is 85.8 Å². The summed E-state index contributed by atoms with van der Waals surface area (Å²) in [5.41, 5.74) is 2.76. The maximum Gasteiger partial charge on any atom is 0.350 e. The largest absolute Gasteiger partial charge is 0.351 e. The molecule has 2 aliphatic carbocycles. The molecule has 4 heterocycles. The van der Waals surface area contributed by atoms with Gasteiger partial charge in [0.05, 0.1) is 28.6 Å². The molecule has 1 spiro atoms. The predicted octanol–water partition coefficient (Wildman–Crippen LogP) is 8.42. The zero-order valence-electron chi connectivity index (χ0n) is 17.5. The number of aliphatic imine (C=N–C) groups is 2. The Morgan fingerprint density at radius 3 is 1.68 bits per heavy atom. The van der Waals surface area contributed by atoms with Gasteiger partial charge < -0.3 is 9.69 Å². The monoisotopic (exact) mass is 512 g/mol. The Morgan fingerprint density at radius 2 is 1.26 bits per heavy atom.